The molecule has 0 spiro atoms. The average Bonchev–Trinajstić information content (AvgIpc) is 2.44. The maximum Gasteiger partial charge on any atom is 0.137 e. The Hall–Kier alpha value is -1.37. The first-order valence-electron chi connectivity index (χ1n) is 7.86. The number of unbranched alkanes of at least 4 members (excludes halogenated alkanes) is 2. The number of ketones is 1. The quantitative estimate of drug-likeness (QED) is 0.418. The maximum atomic E-state index is 11.8. The molecule has 0 N–H and O–H groups in total. The van der Waals surface area contributed by atoms with Crippen molar-refractivity contribution in [1.82, 2.24) is 0 Å². The summed E-state index contributed by atoms with van der Waals surface area (Å²) >= 11 is 0. The van der Waals surface area contributed by atoms with Gasteiger partial charge in [-0.05, 0) is 45.1 Å². The number of rotatable bonds is 9. The third-order valence-electron chi connectivity index (χ3n) is 3.82. The molecule has 1 unspecified atom stereocenters. The van der Waals surface area contributed by atoms with Gasteiger partial charge < -0.3 is 0 Å². The fourth-order valence-electron chi connectivity index (χ4n) is 2.54. The molecule has 0 saturated heterocycles. The standard InChI is InChI=1S/C19H28O/c1-4-5-7-11-16(2)12-10-15-19(17(3)20)18-13-8-6-9-14-18/h6,8-9,12-14,19H,4-5,7,10-11,15H2,1-3H3/b16-12+. The molecule has 0 heterocycles. The second-order valence-electron chi connectivity index (χ2n) is 5.66. The predicted octanol–water partition coefficient (Wildman–Crippen LogP) is 5.67. The third kappa shape index (κ3) is 6.18. The summed E-state index contributed by atoms with van der Waals surface area (Å²) in [4.78, 5) is 11.8. The van der Waals surface area contributed by atoms with E-state index < -0.39 is 0 Å². The van der Waals surface area contributed by atoms with E-state index in [1.807, 2.05) is 18.2 Å². The van der Waals surface area contributed by atoms with Gasteiger partial charge in [0.25, 0.3) is 0 Å². The highest BCUT2D eigenvalue weighted by Gasteiger charge is 2.15. The second kappa shape index (κ2) is 9.52. The first kappa shape index (κ1) is 16.7. The fourth-order valence-corrected chi connectivity index (χ4v) is 2.54. The van der Waals surface area contributed by atoms with Gasteiger partial charge >= 0.3 is 0 Å². The van der Waals surface area contributed by atoms with Crippen molar-refractivity contribution in [2.45, 2.75) is 65.2 Å². The van der Waals surface area contributed by atoms with Crippen molar-refractivity contribution >= 4 is 5.78 Å². The molecule has 0 aliphatic carbocycles. The summed E-state index contributed by atoms with van der Waals surface area (Å²) in [6.07, 6.45) is 9.30. The molecule has 1 aromatic rings. The number of hydrogen-bond acceptors (Lipinski definition) is 1. The van der Waals surface area contributed by atoms with Crippen LogP contribution in [-0.4, -0.2) is 5.78 Å². The van der Waals surface area contributed by atoms with Gasteiger partial charge in [-0.25, -0.2) is 0 Å². The number of hydrogen-bond donors (Lipinski definition) is 0. The van der Waals surface area contributed by atoms with Crippen molar-refractivity contribution in [1.29, 1.82) is 0 Å². The minimum Gasteiger partial charge on any atom is -0.299 e. The van der Waals surface area contributed by atoms with Crippen LogP contribution >= 0.6 is 0 Å². The molecule has 1 nitrogen and oxygen atoms in total. The Bertz CT molecular complexity index is 417. The van der Waals surface area contributed by atoms with E-state index >= 15 is 0 Å². The van der Waals surface area contributed by atoms with Crippen LogP contribution in [0.4, 0.5) is 0 Å². The Morgan fingerprint density at radius 3 is 2.45 bits per heavy atom. The smallest absolute Gasteiger partial charge is 0.137 e. The molecule has 0 aromatic heterocycles. The zero-order valence-corrected chi connectivity index (χ0v) is 13.2. The zero-order chi connectivity index (χ0) is 14.8. The predicted molar refractivity (Wildman–Crippen MR) is 87.0 cm³/mol. The van der Waals surface area contributed by atoms with Crippen LogP contribution < -0.4 is 0 Å². The largest absolute Gasteiger partial charge is 0.299 e. The van der Waals surface area contributed by atoms with E-state index in [2.05, 4.69) is 32.1 Å². The average molecular weight is 272 g/mol. The Morgan fingerprint density at radius 1 is 1.15 bits per heavy atom. The SMILES string of the molecule is CCCCC/C(C)=C/CCC(C(C)=O)c1ccccc1. The van der Waals surface area contributed by atoms with E-state index in [0.717, 1.165) is 18.4 Å². The zero-order valence-electron chi connectivity index (χ0n) is 13.2. The van der Waals surface area contributed by atoms with E-state index in [0.29, 0.717) is 0 Å². The van der Waals surface area contributed by atoms with Gasteiger partial charge in [0.15, 0.2) is 0 Å². The highest BCUT2D eigenvalue weighted by atomic mass is 16.1. The molecular formula is C19H28O. The van der Waals surface area contributed by atoms with Crippen molar-refractivity contribution in [3.05, 3.63) is 47.5 Å². The summed E-state index contributed by atoms with van der Waals surface area (Å²) in [5.74, 6) is 0.323. The molecule has 0 aliphatic rings. The number of benzene rings is 1. The van der Waals surface area contributed by atoms with Crippen LogP contribution in [0, 0.1) is 0 Å². The van der Waals surface area contributed by atoms with Gasteiger partial charge in [0.2, 0.25) is 0 Å². The van der Waals surface area contributed by atoms with Gasteiger partial charge in [-0.15, -0.1) is 0 Å². The van der Waals surface area contributed by atoms with Crippen molar-refractivity contribution in [3.8, 4) is 0 Å². The summed E-state index contributed by atoms with van der Waals surface area (Å²) in [6, 6.07) is 10.1. The summed E-state index contributed by atoms with van der Waals surface area (Å²) in [7, 11) is 0. The second-order valence-corrected chi connectivity index (χ2v) is 5.66. The lowest BCUT2D eigenvalue weighted by molar-refractivity contribution is -0.118. The van der Waals surface area contributed by atoms with Crippen LogP contribution in [0.5, 0.6) is 0 Å². The molecule has 0 amide bonds. The van der Waals surface area contributed by atoms with E-state index in [-0.39, 0.29) is 11.7 Å². The molecule has 110 valence electrons. The van der Waals surface area contributed by atoms with E-state index in [9.17, 15) is 4.79 Å². The monoisotopic (exact) mass is 272 g/mol. The normalized spacial score (nSPS) is 13.2. The lowest BCUT2D eigenvalue weighted by Gasteiger charge is -2.13. The summed E-state index contributed by atoms with van der Waals surface area (Å²) in [5, 5.41) is 0. The Labute approximate surface area is 124 Å². The Kier molecular flexibility index (Phi) is 7.94. The Morgan fingerprint density at radius 2 is 1.85 bits per heavy atom. The number of allylic oxidation sites excluding steroid dienone is 2. The van der Waals surface area contributed by atoms with E-state index in [1.54, 1.807) is 6.92 Å². The number of carbonyl (C=O) groups excluding carboxylic acids is 1. The highest BCUT2D eigenvalue weighted by Crippen LogP contribution is 2.23. The molecule has 1 rings (SSSR count). The lowest BCUT2D eigenvalue weighted by atomic mass is 9.90. The first-order chi connectivity index (χ1) is 9.65. The van der Waals surface area contributed by atoms with Gasteiger partial charge in [0, 0.05) is 5.92 Å². The topological polar surface area (TPSA) is 17.1 Å². The van der Waals surface area contributed by atoms with Gasteiger partial charge in [-0.1, -0.05) is 61.7 Å². The molecule has 0 saturated carbocycles. The number of Topliss-reactive ketones (excluding diaryl/α,β-unsaturated/α-hetero) is 1. The fraction of sp³-hybridized carbons (Fsp3) is 0.526. The summed E-state index contributed by atoms with van der Waals surface area (Å²) in [6.45, 7) is 6.15. The van der Waals surface area contributed by atoms with Crippen LogP contribution in [0.15, 0.2) is 42.0 Å². The molecular weight excluding hydrogens is 244 g/mol. The van der Waals surface area contributed by atoms with Crippen molar-refractivity contribution in [2.24, 2.45) is 0 Å². The molecule has 1 heteroatoms. The van der Waals surface area contributed by atoms with E-state index in [1.165, 1.54) is 31.3 Å². The number of carbonyl (C=O) groups is 1. The minimum atomic E-state index is 0.0518. The van der Waals surface area contributed by atoms with Crippen LogP contribution in [0.1, 0.15) is 70.8 Å². The molecule has 20 heavy (non-hydrogen) atoms. The first-order valence-corrected chi connectivity index (χ1v) is 7.86. The third-order valence-corrected chi connectivity index (χ3v) is 3.82. The van der Waals surface area contributed by atoms with Crippen LogP contribution in [0.3, 0.4) is 0 Å². The van der Waals surface area contributed by atoms with E-state index in [4.69, 9.17) is 0 Å². The van der Waals surface area contributed by atoms with Crippen molar-refractivity contribution in [3.63, 3.8) is 0 Å². The van der Waals surface area contributed by atoms with Gasteiger partial charge in [0.1, 0.15) is 5.78 Å². The van der Waals surface area contributed by atoms with Crippen molar-refractivity contribution in [2.75, 3.05) is 0 Å². The highest BCUT2D eigenvalue weighted by molar-refractivity contribution is 5.83. The summed E-state index contributed by atoms with van der Waals surface area (Å²) < 4.78 is 0. The van der Waals surface area contributed by atoms with Gasteiger partial charge in [-0.3, -0.25) is 4.79 Å². The molecule has 0 radical (unpaired) electrons. The molecule has 1 aromatic carbocycles. The lowest BCUT2D eigenvalue weighted by Crippen LogP contribution is -2.08. The van der Waals surface area contributed by atoms with Crippen LogP contribution in [-0.2, 0) is 4.79 Å². The molecule has 0 fully saturated rings. The van der Waals surface area contributed by atoms with Crippen LogP contribution in [0.2, 0.25) is 0 Å². The van der Waals surface area contributed by atoms with Gasteiger partial charge in [0.05, 0.1) is 0 Å². The van der Waals surface area contributed by atoms with Crippen molar-refractivity contribution < 1.29 is 4.79 Å². The molecule has 1 atom stereocenters. The maximum absolute atomic E-state index is 11.8. The minimum absolute atomic E-state index is 0.0518. The Balaban J connectivity index is 2.48. The van der Waals surface area contributed by atoms with Crippen LogP contribution in [0.25, 0.3) is 0 Å². The molecule has 0 aliphatic heterocycles. The van der Waals surface area contributed by atoms with Gasteiger partial charge in [-0.2, -0.15) is 0 Å². The summed E-state index contributed by atoms with van der Waals surface area (Å²) in [5.41, 5.74) is 2.62. The molecule has 0 bridgehead atoms.